The summed E-state index contributed by atoms with van der Waals surface area (Å²) in [6.07, 6.45) is 7.55. The molecule has 1 amide bonds. The Morgan fingerprint density at radius 2 is 2.25 bits per heavy atom. The van der Waals surface area contributed by atoms with Crippen LogP contribution in [-0.2, 0) is 11.3 Å². The Morgan fingerprint density at radius 1 is 1.29 bits per heavy atom. The van der Waals surface area contributed by atoms with E-state index in [4.69, 9.17) is 13.9 Å². The van der Waals surface area contributed by atoms with Crippen molar-refractivity contribution in [1.82, 2.24) is 15.3 Å². The molecule has 3 heterocycles. The third-order valence-electron chi connectivity index (χ3n) is 4.75. The Hall–Kier alpha value is -2.93. The van der Waals surface area contributed by atoms with Gasteiger partial charge in [-0.15, -0.1) is 0 Å². The van der Waals surface area contributed by atoms with Gasteiger partial charge in [0.25, 0.3) is 5.91 Å². The highest BCUT2D eigenvalue weighted by molar-refractivity contribution is 5.91. The van der Waals surface area contributed by atoms with Crippen molar-refractivity contribution in [1.29, 1.82) is 0 Å². The van der Waals surface area contributed by atoms with Gasteiger partial charge in [0.2, 0.25) is 5.89 Å². The molecule has 1 aliphatic heterocycles. The van der Waals surface area contributed by atoms with Crippen molar-refractivity contribution in [3.63, 3.8) is 0 Å². The molecule has 1 saturated heterocycles. The molecule has 146 valence electrons. The normalized spacial score (nSPS) is 16.8. The van der Waals surface area contributed by atoms with E-state index in [2.05, 4.69) is 15.3 Å². The zero-order chi connectivity index (χ0) is 19.2. The van der Waals surface area contributed by atoms with E-state index in [1.165, 1.54) is 12.7 Å². The van der Waals surface area contributed by atoms with E-state index in [0.29, 0.717) is 18.2 Å². The first kappa shape index (κ1) is 18.4. The number of benzene rings is 1. The minimum absolute atomic E-state index is 0.148. The fourth-order valence-electron chi connectivity index (χ4n) is 3.24. The third-order valence-corrected chi connectivity index (χ3v) is 4.75. The second-order valence-corrected chi connectivity index (χ2v) is 6.81. The van der Waals surface area contributed by atoms with Gasteiger partial charge in [-0.2, -0.15) is 0 Å². The molecule has 0 saturated carbocycles. The summed E-state index contributed by atoms with van der Waals surface area (Å²) in [5, 5.41) is 3.86. The van der Waals surface area contributed by atoms with Gasteiger partial charge in [0, 0.05) is 24.7 Å². The second-order valence-electron chi connectivity index (χ2n) is 6.81. The van der Waals surface area contributed by atoms with Gasteiger partial charge in [0.15, 0.2) is 12.3 Å². The van der Waals surface area contributed by atoms with E-state index >= 15 is 0 Å². The first-order valence-corrected chi connectivity index (χ1v) is 9.60. The van der Waals surface area contributed by atoms with Crippen molar-refractivity contribution in [2.75, 3.05) is 13.2 Å². The van der Waals surface area contributed by atoms with E-state index in [0.717, 1.165) is 36.8 Å². The Balaban J connectivity index is 1.26. The molecule has 0 spiro atoms. The molecule has 2 aromatic heterocycles. The van der Waals surface area contributed by atoms with Crippen molar-refractivity contribution in [3.05, 3.63) is 54.4 Å². The molecule has 3 aromatic rings. The van der Waals surface area contributed by atoms with Crippen molar-refractivity contribution < 1.29 is 18.7 Å². The maximum Gasteiger partial charge on any atom is 0.273 e. The van der Waals surface area contributed by atoms with Crippen molar-refractivity contribution in [3.8, 4) is 5.75 Å². The third kappa shape index (κ3) is 4.67. The number of carbonyl (C=O) groups excluding carboxylic acids is 1. The zero-order valence-corrected chi connectivity index (χ0v) is 15.6. The topological polar surface area (TPSA) is 86.5 Å². The summed E-state index contributed by atoms with van der Waals surface area (Å²) in [7, 11) is 0. The van der Waals surface area contributed by atoms with Crippen molar-refractivity contribution >= 4 is 16.8 Å². The Bertz CT molecular complexity index is 934. The molecule has 0 unspecified atom stereocenters. The number of oxazole rings is 1. The number of rotatable bonds is 7. The summed E-state index contributed by atoms with van der Waals surface area (Å²) < 4.78 is 16.7. The molecule has 7 heteroatoms. The lowest BCUT2D eigenvalue weighted by Gasteiger charge is -2.22. The van der Waals surface area contributed by atoms with Crippen LogP contribution in [0.15, 0.2) is 47.2 Å². The van der Waals surface area contributed by atoms with Crippen LogP contribution in [0.3, 0.4) is 0 Å². The molecule has 1 fully saturated rings. The largest absolute Gasteiger partial charge is 0.484 e. The van der Waals surface area contributed by atoms with Crippen LogP contribution >= 0.6 is 0 Å². The second kappa shape index (κ2) is 8.84. The standard InChI is InChI=1S/C21H23N3O4/c25-21(23-10-8-16-5-1-2-11-26-16)19-13-28-20(24-19)14-27-17-6-7-18-15(12-17)4-3-9-22-18/h3-4,6-7,9,12-13,16H,1-2,5,8,10-11,14H2,(H,23,25)/t16-/m1/s1. The average Bonchev–Trinajstić information content (AvgIpc) is 3.22. The number of amides is 1. The molecule has 1 aromatic carbocycles. The number of carbonyl (C=O) groups is 1. The van der Waals surface area contributed by atoms with E-state index in [-0.39, 0.29) is 24.3 Å². The summed E-state index contributed by atoms with van der Waals surface area (Å²) in [6, 6.07) is 9.51. The van der Waals surface area contributed by atoms with Crippen molar-refractivity contribution in [2.24, 2.45) is 0 Å². The van der Waals surface area contributed by atoms with Gasteiger partial charge >= 0.3 is 0 Å². The SMILES string of the molecule is O=C(NCC[C@H]1CCCCO1)c1coc(COc2ccc3ncccc3c2)n1. The molecule has 0 aliphatic carbocycles. The average molecular weight is 381 g/mol. The Morgan fingerprint density at radius 3 is 3.14 bits per heavy atom. The predicted molar refractivity (Wildman–Crippen MR) is 103 cm³/mol. The maximum absolute atomic E-state index is 12.2. The summed E-state index contributed by atoms with van der Waals surface area (Å²) in [5.74, 6) is 0.798. The molecule has 28 heavy (non-hydrogen) atoms. The number of nitrogens with zero attached hydrogens (tertiary/aromatic N) is 2. The van der Waals surface area contributed by atoms with E-state index < -0.39 is 0 Å². The highest BCUT2D eigenvalue weighted by Crippen LogP contribution is 2.20. The number of fused-ring (bicyclic) bond motifs is 1. The van der Waals surface area contributed by atoms with Crippen LogP contribution in [0, 0.1) is 0 Å². The smallest absolute Gasteiger partial charge is 0.273 e. The molecule has 1 N–H and O–H groups in total. The maximum atomic E-state index is 12.2. The number of ether oxygens (including phenoxy) is 2. The number of hydrogen-bond donors (Lipinski definition) is 1. The predicted octanol–water partition coefficient (Wildman–Crippen LogP) is 3.49. The molecular weight excluding hydrogens is 358 g/mol. The van der Waals surface area contributed by atoms with Crippen LogP contribution in [0.1, 0.15) is 42.1 Å². The summed E-state index contributed by atoms with van der Waals surface area (Å²) in [4.78, 5) is 20.7. The van der Waals surface area contributed by atoms with Crippen LogP contribution in [-0.4, -0.2) is 35.1 Å². The first-order valence-electron chi connectivity index (χ1n) is 9.60. The van der Waals surface area contributed by atoms with E-state index in [1.807, 2.05) is 30.3 Å². The molecule has 0 bridgehead atoms. The number of pyridine rings is 1. The zero-order valence-electron chi connectivity index (χ0n) is 15.6. The fourth-order valence-corrected chi connectivity index (χ4v) is 3.24. The first-order chi connectivity index (χ1) is 13.8. The van der Waals surface area contributed by atoms with Crippen LogP contribution in [0.5, 0.6) is 5.75 Å². The van der Waals surface area contributed by atoms with E-state index in [9.17, 15) is 4.79 Å². The van der Waals surface area contributed by atoms with Gasteiger partial charge in [0.1, 0.15) is 12.0 Å². The van der Waals surface area contributed by atoms with Crippen LogP contribution in [0.4, 0.5) is 0 Å². The molecule has 1 atom stereocenters. The Kier molecular flexibility index (Phi) is 5.82. The van der Waals surface area contributed by atoms with Crippen LogP contribution in [0.25, 0.3) is 10.9 Å². The molecule has 7 nitrogen and oxygen atoms in total. The summed E-state index contributed by atoms with van der Waals surface area (Å²) in [6.45, 7) is 1.53. The van der Waals surface area contributed by atoms with Gasteiger partial charge in [-0.1, -0.05) is 6.07 Å². The Labute approximate surface area is 163 Å². The quantitative estimate of drug-likeness (QED) is 0.674. The highest BCUT2D eigenvalue weighted by atomic mass is 16.5. The van der Waals surface area contributed by atoms with Gasteiger partial charge in [-0.25, -0.2) is 4.98 Å². The highest BCUT2D eigenvalue weighted by Gasteiger charge is 2.16. The summed E-state index contributed by atoms with van der Waals surface area (Å²) >= 11 is 0. The van der Waals surface area contributed by atoms with Crippen LogP contribution < -0.4 is 10.1 Å². The van der Waals surface area contributed by atoms with E-state index in [1.54, 1.807) is 6.20 Å². The van der Waals surface area contributed by atoms with Gasteiger partial charge < -0.3 is 19.2 Å². The van der Waals surface area contributed by atoms with Gasteiger partial charge in [-0.05, 0) is 49.9 Å². The van der Waals surface area contributed by atoms with Gasteiger partial charge in [0.05, 0.1) is 11.6 Å². The number of hydrogen-bond acceptors (Lipinski definition) is 6. The summed E-state index contributed by atoms with van der Waals surface area (Å²) in [5.41, 5.74) is 1.16. The fraction of sp³-hybridized carbons (Fsp3) is 0.381. The number of nitrogens with one attached hydrogen (secondary N) is 1. The molecule has 0 radical (unpaired) electrons. The minimum Gasteiger partial charge on any atom is -0.484 e. The lowest BCUT2D eigenvalue weighted by Crippen LogP contribution is -2.29. The van der Waals surface area contributed by atoms with Crippen molar-refractivity contribution in [2.45, 2.75) is 38.4 Å². The monoisotopic (exact) mass is 381 g/mol. The number of aromatic nitrogens is 2. The lowest BCUT2D eigenvalue weighted by atomic mass is 10.1. The van der Waals surface area contributed by atoms with Crippen LogP contribution in [0.2, 0.25) is 0 Å². The lowest BCUT2D eigenvalue weighted by molar-refractivity contribution is 0.0117. The molecule has 4 rings (SSSR count). The molecule has 1 aliphatic rings. The molecular formula is C21H23N3O4. The van der Waals surface area contributed by atoms with Gasteiger partial charge in [-0.3, -0.25) is 9.78 Å². The minimum atomic E-state index is -0.248.